The van der Waals surface area contributed by atoms with Gasteiger partial charge >= 0.3 is 0 Å². The second-order valence-electron chi connectivity index (χ2n) is 14.4. The van der Waals surface area contributed by atoms with Gasteiger partial charge in [0.15, 0.2) is 17.5 Å². The van der Waals surface area contributed by atoms with Crippen molar-refractivity contribution in [3.05, 3.63) is 206 Å². The number of benzene rings is 9. The molecule has 0 amide bonds. The summed E-state index contributed by atoms with van der Waals surface area (Å²) in [4.78, 5) is 15.5. The molecule has 4 nitrogen and oxygen atoms in total. The van der Waals surface area contributed by atoms with Gasteiger partial charge in [-0.1, -0.05) is 182 Å². The molecule has 0 radical (unpaired) electrons. The molecule has 57 heavy (non-hydrogen) atoms. The Bertz CT molecular complexity index is 3280. The summed E-state index contributed by atoms with van der Waals surface area (Å²) in [5, 5.41) is 7.39. The number of rotatable bonds is 6. The average molecular weight is 727 g/mol. The lowest BCUT2D eigenvalue weighted by Crippen LogP contribution is -2.02. The zero-order valence-electron chi connectivity index (χ0n) is 30.9. The van der Waals surface area contributed by atoms with E-state index in [1.54, 1.807) is 0 Å². The van der Waals surface area contributed by atoms with Gasteiger partial charge in [-0.15, -0.1) is 0 Å². The lowest BCUT2D eigenvalue weighted by Gasteiger charge is -2.17. The van der Waals surface area contributed by atoms with Crippen molar-refractivity contribution < 1.29 is 0 Å². The van der Waals surface area contributed by atoms with Crippen molar-refractivity contribution >= 4 is 43.4 Å². The summed E-state index contributed by atoms with van der Waals surface area (Å²) in [5.74, 6) is 1.88. The van der Waals surface area contributed by atoms with E-state index in [2.05, 4.69) is 187 Å². The summed E-state index contributed by atoms with van der Waals surface area (Å²) in [6.07, 6.45) is 0. The van der Waals surface area contributed by atoms with Crippen LogP contribution in [0.5, 0.6) is 0 Å². The van der Waals surface area contributed by atoms with Crippen molar-refractivity contribution in [2.75, 3.05) is 0 Å². The molecule has 0 atom stereocenters. The van der Waals surface area contributed by atoms with Crippen LogP contribution < -0.4 is 0 Å². The Morgan fingerprint density at radius 1 is 0.298 bits per heavy atom. The van der Waals surface area contributed by atoms with Gasteiger partial charge in [0.25, 0.3) is 0 Å². The minimum Gasteiger partial charge on any atom is -0.309 e. The molecule has 4 heteroatoms. The fourth-order valence-corrected chi connectivity index (χ4v) is 8.33. The number of aromatic nitrogens is 4. The third kappa shape index (κ3) is 5.66. The van der Waals surface area contributed by atoms with Crippen molar-refractivity contribution in [3.8, 4) is 62.1 Å². The van der Waals surface area contributed by atoms with Crippen LogP contribution in [-0.4, -0.2) is 19.5 Å². The SMILES string of the molecule is c1ccc(-c2ccc(-c3nc(-c4ccccc4)nc(-c4ccccc4-c4ccccc4-n4c5cc6ccccc6cc5c5c6ccccc6ccc54)n3)cc2)cc1. The standard InChI is InChI=1S/C53H34N4/c1-3-15-35(16-4-1)36-27-29-39(30-28-36)52-54-51(38-18-5-2-6-19-38)55-53(56-52)45-25-12-11-23-43(45)44-24-13-14-26-47(44)57-48-32-31-37-17-9-10-22-42(37)50(48)46-33-40-20-7-8-21-41(40)34-49(46)57/h1-34H. The van der Waals surface area contributed by atoms with Crippen LogP contribution in [0.15, 0.2) is 206 Å². The maximum atomic E-state index is 5.22. The molecular formula is C53H34N4. The lowest BCUT2D eigenvalue weighted by molar-refractivity contribution is 1.07. The van der Waals surface area contributed by atoms with E-state index in [9.17, 15) is 0 Å². The topological polar surface area (TPSA) is 43.6 Å². The third-order valence-electron chi connectivity index (χ3n) is 11.0. The number of fused-ring (bicyclic) bond motifs is 6. The molecule has 0 aliphatic heterocycles. The van der Waals surface area contributed by atoms with Gasteiger partial charge in [-0.05, 0) is 62.5 Å². The number of hydrogen-bond donors (Lipinski definition) is 0. The Kier molecular flexibility index (Phi) is 7.78. The zero-order valence-corrected chi connectivity index (χ0v) is 30.9. The Balaban J connectivity index is 1.13. The largest absolute Gasteiger partial charge is 0.309 e. The molecule has 0 bridgehead atoms. The van der Waals surface area contributed by atoms with E-state index in [-0.39, 0.29) is 0 Å². The maximum Gasteiger partial charge on any atom is 0.164 e. The van der Waals surface area contributed by atoms with Crippen LogP contribution in [-0.2, 0) is 0 Å². The normalized spacial score (nSPS) is 11.5. The van der Waals surface area contributed by atoms with Crippen molar-refractivity contribution in [1.82, 2.24) is 19.5 Å². The zero-order chi connectivity index (χ0) is 37.7. The first-order chi connectivity index (χ1) is 28.3. The van der Waals surface area contributed by atoms with E-state index in [1.165, 1.54) is 37.9 Å². The summed E-state index contributed by atoms with van der Waals surface area (Å²) in [5.41, 5.74) is 10.7. The van der Waals surface area contributed by atoms with Crippen molar-refractivity contribution in [1.29, 1.82) is 0 Å². The van der Waals surface area contributed by atoms with E-state index in [1.807, 2.05) is 24.3 Å². The molecule has 11 rings (SSSR count). The van der Waals surface area contributed by atoms with Crippen LogP contribution in [0.25, 0.3) is 105 Å². The molecule has 0 saturated heterocycles. The van der Waals surface area contributed by atoms with Crippen molar-refractivity contribution in [3.63, 3.8) is 0 Å². The molecule has 0 unspecified atom stereocenters. The van der Waals surface area contributed by atoms with Crippen LogP contribution in [0.3, 0.4) is 0 Å². The summed E-state index contributed by atoms with van der Waals surface area (Å²) < 4.78 is 2.44. The van der Waals surface area contributed by atoms with Gasteiger partial charge in [0.2, 0.25) is 0 Å². The van der Waals surface area contributed by atoms with Gasteiger partial charge in [0.05, 0.1) is 16.7 Å². The average Bonchev–Trinajstić information content (AvgIpc) is 3.62. The number of nitrogens with zero attached hydrogens (tertiary/aromatic N) is 4. The minimum absolute atomic E-state index is 0.621. The highest BCUT2D eigenvalue weighted by Gasteiger charge is 2.21. The van der Waals surface area contributed by atoms with Crippen LogP contribution in [0.1, 0.15) is 0 Å². The maximum absolute atomic E-state index is 5.22. The second-order valence-corrected chi connectivity index (χ2v) is 14.4. The predicted octanol–water partition coefficient (Wildman–Crippen LogP) is 13.6. The molecule has 0 aliphatic carbocycles. The molecule has 0 spiro atoms. The first kappa shape index (κ1) is 32.7. The fourth-order valence-electron chi connectivity index (χ4n) is 8.33. The van der Waals surface area contributed by atoms with Gasteiger partial charge in [-0.2, -0.15) is 0 Å². The highest BCUT2D eigenvalue weighted by molar-refractivity contribution is 6.23. The van der Waals surface area contributed by atoms with Gasteiger partial charge in [0, 0.05) is 33.0 Å². The number of para-hydroxylation sites is 1. The van der Waals surface area contributed by atoms with Gasteiger partial charge in [-0.3, -0.25) is 0 Å². The fraction of sp³-hybridized carbons (Fsp3) is 0. The third-order valence-corrected chi connectivity index (χ3v) is 11.0. The molecule has 11 aromatic rings. The molecular weight excluding hydrogens is 693 g/mol. The summed E-state index contributed by atoms with van der Waals surface area (Å²) >= 11 is 0. The van der Waals surface area contributed by atoms with Crippen molar-refractivity contribution in [2.24, 2.45) is 0 Å². The van der Waals surface area contributed by atoms with E-state index in [0.717, 1.165) is 50.1 Å². The van der Waals surface area contributed by atoms with Gasteiger partial charge in [-0.25, -0.2) is 15.0 Å². The molecule has 2 aromatic heterocycles. The summed E-state index contributed by atoms with van der Waals surface area (Å²) in [6.45, 7) is 0. The van der Waals surface area contributed by atoms with Gasteiger partial charge in [0.1, 0.15) is 0 Å². The second kappa shape index (κ2) is 13.6. The van der Waals surface area contributed by atoms with E-state index in [4.69, 9.17) is 15.0 Å². The Hall–Kier alpha value is -7.69. The van der Waals surface area contributed by atoms with Crippen LogP contribution >= 0.6 is 0 Å². The van der Waals surface area contributed by atoms with Crippen LogP contribution in [0.4, 0.5) is 0 Å². The smallest absolute Gasteiger partial charge is 0.164 e. The van der Waals surface area contributed by atoms with Crippen LogP contribution in [0.2, 0.25) is 0 Å². The predicted molar refractivity (Wildman–Crippen MR) is 236 cm³/mol. The van der Waals surface area contributed by atoms with Crippen LogP contribution in [0, 0.1) is 0 Å². The quantitative estimate of drug-likeness (QED) is 0.171. The first-order valence-corrected chi connectivity index (χ1v) is 19.3. The molecule has 0 fully saturated rings. The van der Waals surface area contributed by atoms with E-state index in [0.29, 0.717) is 17.5 Å². The van der Waals surface area contributed by atoms with Crippen molar-refractivity contribution in [2.45, 2.75) is 0 Å². The lowest BCUT2D eigenvalue weighted by atomic mass is 9.97. The summed E-state index contributed by atoms with van der Waals surface area (Å²) in [6, 6.07) is 72.8. The molecule has 0 aliphatic rings. The Morgan fingerprint density at radius 3 is 1.54 bits per heavy atom. The van der Waals surface area contributed by atoms with Gasteiger partial charge < -0.3 is 4.57 Å². The minimum atomic E-state index is 0.621. The Labute approximate surface area is 330 Å². The summed E-state index contributed by atoms with van der Waals surface area (Å²) in [7, 11) is 0. The first-order valence-electron chi connectivity index (χ1n) is 19.3. The van der Waals surface area contributed by atoms with E-state index < -0.39 is 0 Å². The molecule has 9 aromatic carbocycles. The monoisotopic (exact) mass is 726 g/mol. The Morgan fingerprint density at radius 2 is 0.807 bits per heavy atom. The molecule has 2 heterocycles. The molecule has 266 valence electrons. The van der Waals surface area contributed by atoms with E-state index >= 15 is 0 Å². The highest BCUT2D eigenvalue weighted by Crippen LogP contribution is 2.42. The highest BCUT2D eigenvalue weighted by atomic mass is 15.0. The number of hydrogen-bond acceptors (Lipinski definition) is 3. The molecule has 0 saturated carbocycles. The molecule has 0 N–H and O–H groups in total.